The summed E-state index contributed by atoms with van der Waals surface area (Å²) in [7, 11) is 0. The van der Waals surface area contributed by atoms with Crippen LogP contribution in [0.15, 0.2) is 188 Å². The summed E-state index contributed by atoms with van der Waals surface area (Å²) in [6, 6.07) is 68.6. The van der Waals surface area contributed by atoms with E-state index in [1.807, 2.05) is 0 Å². The molecule has 0 unspecified atom stereocenters. The number of ether oxygens (including phenoxy) is 1. The van der Waals surface area contributed by atoms with Crippen LogP contribution in [0.4, 0.5) is 34.1 Å². The highest BCUT2D eigenvalue weighted by Gasteiger charge is 2.45. The van der Waals surface area contributed by atoms with Crippen LogP contribution in [0.2, 0.25) is 0 Å². The predicted molar refractivity (Wildman–Crippen MR) is 240 cm³/mol. The van der Waals surface area contributed by atoms with Crippen LogP contribution in [-0.4, -0.2) is 6.71 Å². The van der Waals surface area contributed by atoms with Gasteiger partial charge in [0.05, 0.1) is 11.4 Å². The van der Waals surface area contributed by atoms with Crippen LogP contribution >= 0.6 is 0 Å². The molecule has 0 spiro atoms. The van der Waals surface area contributed by atoms with E-state index in [-0.39, 0.29) is 12.1 Å². The first-order chi connectivity index (χ1) is 28.1. The van der Waals surface area contributed by atoms with Crippen molar-refractivity contribution in [1.82, 2.24) is 0 Å². The monoisotopic (exact) mass is 728 g/mol. The number of benzene rings is 9. The van der Waals surface area contributed by atoms with Crippen LogP contribution in [0.5, 0.6) is 11.5 Å². The standard InChI is InChI=1S/C53H37BN2O/c1-53(2)41-32-44-50(57-49-30-16-29-47-52(49)54(44)43-26-13-14-27-46(43)56(47)36-21-7-4-8-22-36)31-40(41)51-39-25-12-11-24-38(39)48(33-42(51)53)55(35-19-5-3-6-20-35)45-28-15-18-34-17-9-10-23-37(34)45/h3-33H,1-2H3. The summed E-state index contributed by atoms with van der Waals surface area (Å²) in [5, 5.41) is 4.91. The molecule has 0 saturated heterocycles. The number of para-hydroxylation sites is 3. The Morgan fingerprint density at radius 1 is 0.509 bits per heavy atom. The molecule has 0 radical (unpaired) electrons. The van der Waals surface area contributed by atoms with E-state index in [0.29, 0.717) is 0 Å². The zero-order valence-corrected chi connectivity index (χ0v) is 31.8. The maximum atomic E-state index is 7.03. The van der Waals surface area contributed by atoms with Gasteiger partial charge in [-0.25, -0.2) is 0 Å². The second-order valence-corrected chi connectivity index (χ2v) is 16.0. The van der Waals surface area contributed by atoms with Crippen LogP contribution in [0.25, 0.3) is 32.7 Å². The molecule has 57 heavy (non-hydrogen) atoms. The minimum atomic E-state index is -0.288. The van der Waals surface area contributed by atoms with E-state index in [0.717, 1.165) is 28.6 Å². The minimum absolute atomic E-state index is 0.0353. The number of hydrogen-bond donors (Lipinski definition) is 0. The third-order valence-corrected chi connectivity index (χ3v) is 12.7. The van der Waals surface area contributed by atoms with Crippen molar-refractivity contribution >= 4 is 78.8 Å². The first-order valence-electron chi connectivity index (χ1n) is 19.9. The number of anilines is 6. The molecule has 2 heterocycles. The molecule has 3 nitrogen and oxygen atoms in total. The van der Waals surface area contributed by atoms with E-state index < -0.39 is 0 Å². The number of rotatable bonds is 4. The molecule has 12 rings (SSSR count). The summed E-state index contributed by atoms with van der Waals surface area (Å²) in [6.07, 6.45) is 0. The Morgan fingerprint density at radius 3 is 2.02 bits per heavy atom. The smallest absolute Gasteiger partial charge is 0.256 e. The summed E-state index contributed by atoms with van der Waals surface area (Å²) in [5.74, 6) is 1.86. The van der Waals surface area contributed by atoms with Gasteiger partial charge in [0.2, 0.25) is 0 Å². The second-order valence-electron chi connectivity index (χ2n) is 16.0. The SMILES string of the molecule is CC1(C)c2cc3c(cc2-c2c1cc(N(c1ccccc1)c1cccc4ccccc14)c1ccccc21)Oc1cccc2c1B3c1ccccc1N2c1ccccc1. The largest absolute Gasteiger partial charge is 0.458 e. The lowest BCUT2D eigenvalue weighted by atomic mass is 9.34. The van der Waals surface area contributed by atoms with Crippen molar-refractivity contribution in [3.63, 3.8) is 0 Å². The van der Waals surface area contributed by atoms with Crippen molar-refractivity contribution in [2.45, 2.75) is 19.3 Å². The average molecular weight is 729 g/mol. The average Bonchev–Trinajstić information content (AvgIpc) is 3.48. The Hall–Kier alpha value is -7.04. The van der Waals surface area contributed by atoms with Crippen molar-refractivity contribution in [2.75, 3.05) is 9.80 Å². The maximum Gasteiger partial charge on any atom is 0.256 e. The first kappa shape index (κ1) is 32.2. The molecule has 0 fully saturated rings. The predicted octanol–water partition coefficient (Wildman–Crippen LogP) is 12.2. The van der Waals surface area contributed by atoms with Gasteiger partial charge in [0, 0.05) is 38.9 Å². The molecule has 0 amide bonds. The molecule has 2 aliphatic heterocycles. The van der Waals surface area contributed by atoms with Gasteiger partial charge in [-0.3, -0.25) is 0 Å². The molecule has 1 aliphatic carbocycles. The molecule has 9 aromatic rings. The fourth-order valence-corrected chi connectivity index (χ4v) is 10.1. The Bertz CT molecular complexity index is 3100. The highest BCUT2D eigenvalue weighted by atomic mass is 16.5. The molecule has 9 aromatic carbocycles. The topological polar surface area (TPSA) is 15.7 Å². The zero-order chi connectivity index (χ0) is 37.8. The summed E-state index contributed by atoms with van der Waals surface area (Å²) >= 11 is 0. The highest BCUT2D eigenvalue weighted by molar-refractivity contribution is 6.99. The third-order valence-electron chi connectivity index (χ3n) is 12.7. The minimum Gasteiger partial charge on any atom is -0.458 e. The van der Waals surface area contributed by atoms with Gasteiger partial charge < -0.3 is 14.5 Å². The van der Waals surface area contributed by atoms with Crippen LogP contribution < -0.4 is 30.9 Å². The van der Waals surface area contributed by atoms with Gasteiger partial charge in [0.1, 0.15) is 11.5 Å². The fraction of sp³-hybridized carbons (Fsp3) is 0.0566. The Labute approximate surface area is 333 Å². The molecule has 0 bridgehead atoms. The molecular weight excluding hydrogens is 691 g/mol. The summed E-state index contributed by atoms with van der Waals surface area (Å²) in [5.41, 5.74) is 15.6. The van der Waals surface area contributed by atoms with Crippen molar-refractivity contribution in [3.05, 3.63) is 199 Å². The zero-order valence-electron chi connectivity index (χ0n) is 31.8. The fourth-order valence-electron chi connectivity index (χ4n) is 10.1. The summed E-state index contributed by atoms with van der Waals surface area (Å²) in [4.78, 5) is 4.86. The molecule has 4 heteroatoms. The molecule has 3 aliphatic rings. The molecule has 0 aromatic heterocycles. The summed E-state index contributed by atoms with van der Waals surface area (Å²) in [6.45, 7) is 4.85. The Balaban J connectivity index is 1.09. The van der Waals surface area contributed by atoms with Crippen molar-refractivity contribution in [3.8, 4) is 22.6 Å². The van der Waals surface area contributed by atoms with Crippen LogP contribution in [0, 0.1) is 0 Å². The van der Waals surface area contributed by atoms with Gasteiger partial charge in [-0.2, -0.15) is 0 Å². The van der Waals surface area contributed by atoms with Crippen molar-refractivity contribution in [2.24, 2.45) is 0 Å². The lowest BCUT2D eigenvalue weighted by Crippen LogP contribution is -2.59. The third kappa shape index (κ3) is 4.56. The Morgan fingerprint density at radius 2 is 1.18 bits per heavy atom. The quantitative estimate of drug-likeness (QED) is 0.168. The molecule has 0 saturated carbocycles. The van der Waals surface area contributed by atoms with Crippen LogP contribution in [0.3, 0.4) is 0 Å². The molecule has 268 valence electrons. The molecule has 0 atom stereocenters. The van der Waals surface area contributed by atoms with Gasteiger partial charge in [0.15, 0.2) is 0 Å². The van der Waals surface area contributed by atoms with E-state index in [1.54, 1.807) is 0 Å². The van der Waals surface area contributed by atoms with E-state index in [2.05, 4.69) is 212 Å². The van der Waals surface area contributed by atoms with Crippen molar-refractivity contribution in [1.29, 1.82) is 0 Å². The van der Waals surface area contributed by atoms with Gasteiger partial charge in [-0.05, 0) is 110 Å². The molecule has 0 N–H and O–H groups in total. The van der Waals surface area contributed by atoms with E-state index in [1.165, 1.54) is 77.2 Å². The number of nitrogens with zero attached hydrogens (tertiary/aromatic N) is 2. The van der Waals surface area contributed by atoms with Crippen LogP contribution in [-0.2, 0) is 5.41 Å². The number of hydrogen-bond acceptors (Lipinski definition) is 3. The second kappa shape index (κ2) is 12.0. The van der Waals surface area contributed by atoms with E-state index in [4.69, 9.17) is 4.74 Å². The van der Waals surface area contributed by atoms with E-state index >= 15 is 0 Å². The van der Waals surface area contributed by atoms with Crippen molar-refractivity contribution < 1.29 is 4.74 Å². The van der Waals surface area contributed by atoms with Gasteiger partial charge in [-0.1, -0.05) is 141 Å². The van der Waals surface area contributed by atoms with Gasteiger partial charge >= 0.3 is 0 Å². The first-order valence-corrected chi connectivity index (χ1v) is 19.9. The number of fused-ring (bicyclic) bond motifs is 10. The van der Waals surface area contributed by atoms with Crippen LogP contribution in [0.1, 0.15) is 25.0 Å². The summed E-state index contributed by atoms with van der Waals surface area (Å²) < 4.78 is 7.03. The lowest BCUT2D eigenvalue weighted by molar-refractivity contribution is 0.487. The highest BCUT2D eigenvalue weighted by Crippen LogP contribution is 2.56. The van der Waals surface area contributed by atoms with Gasteiger partial charge in [-0.15, -0.1) is 0 Å². The maximum absolute atomic E-state index is 7.03. The van der Waals surface area contributed by atoms with Gasteiger partial charge in [0.25, 0.3) is 6.71 Å². The lowest BCUT2D eigenvalue weighted by Gasteiger charge is -2.40. The van der Waals surface area contributed by atoms with E-state index in [9.17, 15) is 0 Å². The Kier molecular flexibility index (Phi) is 6.77. The molecular formula is C53H37BN2O. The normalized spacial score (nSPS) is 14.0.